The van der Waals surface area contributed by atoms with Crippen molar-refractivity contribution in [2.75, 3.05) is 5.75 Å². The molecule has 1 atom stereocenters. The predicted molar refractivity (Wildman–Crippen MR) is 54.6 cm³/mol. The van der Waals surface area contributed by atoms with Crippen molar-refractivity contribution >= 4 is 9.84 Å². The molecule has 0 amide bonds. The number of hydrogen-bond donors (Lipinski definition) is 1. The molecule has 0 saturated heterocycles. The Kier molecular flexibility index (Phi) is 3.23. The van der Waals surface area contributed by atoms with Crippen LogP contribution in [0.1, 0.15) is 25.6 Å². The summed E-state index contributed by atoms with van der Waals surface area (Å²) in [5.74, 6) is 0.0895. The summed E-state index contributed by atoms with van der Waals surface area (Å²) in [4.78, 5) is 4.24. The molecule has 0 radical (unpaired) electrons. The normalized spacial score (nSPS) is 13.9. The molecule has 0 aliphatic carbocycles. The summed E-state index contributed by atoms with van der Waals surface area (Å²) in [5, 5.41) is 0. The van der Waals surface area contributed by atoms with Gasteiger partial charge >= 0.3 is 0 Å². The van der Waals surface area contributed by atoms with Gasteiger partial charge in [0, 0.05) is 12.2 Å². The first kappa shape index (κ1) is 11.1. The smallest absolute Gasteiger partial charge is 0.179 e. The van der Waals surface area contributed by atoms with E-state index in [0.717, 1.165) is 0 Å². The number of pyridine rings is 1. The molecule has 0 spiro atoms. The van der Waals surface area contributed by atoms with Gasteiger partial charge in [0.15, 0.2) is 9.84 Å². The van der Waals surface area contributed by atoms with E-state index in [1.165, 1.54) is 6.20 Å². The fraction of sp³-hybridized carbons (Fsp3) is 0.444. The van der Waals surface area contributed by atoms with Crippen molar-refractivity contribution in [1.82, 2.24) is 4.98 Å². The first-order chi connectivity index (χ1) is 6.47. The van der Waals surface area contributed by atoms with Gasteiger partial charge in [-0.1, -0.05) is 6.92 Å². The van der Waals surface area contributed by atoms with E-state index in [2.05, 4.69) is 4.98 Å². The summed E-state index contributed by atoms with van der Waals surface area (Å²) in [6.45, 7) is 3.41. The van der Waals surface area contributed by atoms with E-state index in [0.29, 0.717) is 5.69 Å². The average Bonchev–Trinajstić information content (AvgIpc) is 2.18. The van der Waals surface area contributed by atoms with E-state index in [4.69, 9.17) is 5.73 Å². The quantitative estimate of drug-likeness (QED) is 0.811. The van der Waals surface area contributed by atoms with E-state index in [1.54, 1.807) is 26.0 Å². The first-order valence-corrected chi connectivity index (χ1v) is 6.07. The third kappa shape index (κ3) is 2.30. The number of hydrogen-bond acceptors (Lipinski definition) is 4. The van der Waals surface area contributed by atoms with Crippen LogP contribution in [0.5, 0.6) is 0 Å². The van der Waals surface area contributed by atoms with E-state index in [-0.39, 0.29) is 16.7 Å². The van der Waals surface area contributed by atoms with Crippen LogP contribution in [-0.2, 0) is 9.84 Å². The van der Waals surface area contributed by atoms with Crippen LogP contribution in [0.4, 0.5) is 0 Å². The third-order valence-electron chi connectivity index (χ3n) is 1.96. The number of nitrogens with zero attached hydrogens (tertiary/aromatic N) is 1. The highest BCUT2D eigenvalue weighted by atomic mass is 32.2. The molecule has 1 heterocycles. The molecule has 0 aliphatic heterocycles. The zero-order chi connectivity index (χ0) is 10.8. The van der Waals surface area contributed by atoms with Crippen molar-refractivity contribution in [2.45, 2.75) is 24.8 Å². The van der Waals surface area contributed by atoms with Gasteiger partial charge in [-0.3, -0.25) is 4.98 Å². The summed E-state index contributed by atoms with van der Waals surface area (Å²) in [6.07, 6.45) is 1.36. The second-order valence-electron chi connectivity index (χ2n) is 3.11. The Morgan fingerprint density at radius 1 is 1.50 bits per heavy atom. The maximum Gasteiger partial charge on any atom is 0.179 e. The van der Waals surface area contributed by atoms with Crippen molar-refractivity contribution in [1.29, 1.82) is 0 Å². The summed E-state index contributed by atoms with van der Waals surface area (Å²) in [5.41, 5.74) is 6.29. The van der Waals surface area contributed by atoms with Crippen LogP contribution < -0.4 is 5.73 Å². The van der Waals surface area contributed by atoms with Crippen molar-refractivity contribution in [2.24, 2.45) is 5.73 Å². The number of aromatic nitrogens is 1. The molecular weight excluding hydrogens is 200 g/mol. The van der Waals surface area contributed by atoms with Crippen LogP contribution >= 0.6 is 0 Å². The monoisotopic (exact) mass is 214 g/mol. The van der Waals surface area contributed by atoms with E-state index < -0.39 is 9.84 Å². The lowest BCUT2D eigenvalue weighted by Crippen LogP contribution is -2.09. The van der Waals surface area contributed by atoms with Crippen molar-refractivity contribution in [3.63, 3.8) is 0 Å². The lowest BCUT2D eigenvalue weighted by atomic mass is 10.2. The van der Waals surface area contributed by atoms with Gasteiger partial charge in [-0.2, -0.15) is 0 Å². The first-order valence-electron chi connectivity index (χ1n) is 4.41. The number of rotatable bonds is 3. The van der Waals surface area contributed by atoms with Gasteiger partial charge in [0.1, 0.15) is 0 Å². The predicted octanol–water partition coefficient (Wildman–Crippen LogP) is 0.895. The molecule has 0 fully saturated rings. The van der Waals surface area contributed by atoms with Crippen LogP contribution in [0.15, 0.2) is 23.2 Å². The molecule has 1 unspecified atom stereocenters. The zero-order valence-electron chi connectivity index (χ0n) is 8.27. The van der Waals surface area contributed by atoms with E-state index in [1.807, 2.05) is 0 Å². The van der Waals surface area contributed by atoms with Gasteiger partial charge in [-0.05, 0) is 19.1 Å². The molecule has 78 valence electrons. The SMILES string of the molecule is CCS(=O)(=O)c1ccc(C(C)N)nc1. The summed E-state index contributed by atoms with van der Waals surface area (Å²) < 4.78 is 22.8. The van der Waals surface area contributed by atoms with Crippen LogP contribution in [-0.4, -0.2) is 19.2 Å². The van der Waals surface area contributed by atoms with Gasteiger partial charge in [-0.15, -0.1) is 0 Å². The van der Waals surface area contributed by atoms with Crippen LogP contribution in [0.2, 0.25) is 0 Å². The summed E-state index contributed by atoms with van der Waals surface area (Å²) in [6, 6.07) is 3.02. The molecule has 1 aromatic heterocycles. The summed E-state index contributed by atoms with van der Waals surface area (Å²) >= 11 is 0. The lowest BCUT2D eigenvalue weighted by molar-refractivity contribution is 0.596. The highest BCUT2D eigenvalue weighted by Crippen LogP contribution is 2.12. The Morgan fingerprint density at radius 3 is 2.50 bits per heavy atom. The van der Waals surface area contributed by atoms with Gasteiger partial charge in [-0.25, -0.2) is 8.42 Å². The molecular formula is C9H14N2O2S. The second-order valence-corrected chi connectivity index (χ2v) is 5.39. The average molecular weight is 214 g/mol. The Hall–Kier alpha value is -0.940. The zero-order valence-corrected chi connectivity index (χ0v) is 9.08. The Balaban J connectivity index is 3.06. The minimum atomic E-state index is -3.14. The molecule has 4 nitrogen and oxygen atoms in total. The third-order valence-corrected chi connectivity index (χ3v) is 3.68. The molecule has 0 aliphatic rings. The van der Waals surface area contributed by atoms with Gasteiger partial charge in [0.05, 0.1) is 16.3 Å². The Bertz CT molecular complexity index is 395. The van der Waals surface area contributed by atoms with Crippen LogP contribution in [0.25, 0.3) is 0 Å². The fourth-order valence-corrected chi connectivity index (χ4v) is 1.83. The molecule has 1 rings (SSSR count). The van der Waals surface area contributed by atoms with Crippen LogP contribution in [0, 0.1) is 0 Å². The molecule has 2 N–H and O–H groups in total. The Labute approximate surface area is 84.1 Å². The molecule has 14 heavy (non-hydrogen) atoms. The lowest BCUT2D eigenvalue weighted by Gasteiger charge is -2.05. The minimum Gasteiger partial charge on any atom is -0.323 e. The summed E-state index contributed by atoms with van der Waals surface area (Å²) in [7, 11) is -3.14. The fourth-order valence-electron chi connectivity index (χ4n) is 1.01. The van der Waals surface area contributed by atoms with E-state index >= 15 is 0 Å². The van der Waals surface area contributed by atoms with Crippen molar-refractivity contribution in [3.8, 4) is 0 Å². The van der Waals surface area contributed by atoms with Gasteiger partial charge in [0.2, 0.25) is 0 Å². The molecule has 0 bridgehead atoms. The standard InChI is InChI=1S/C9H14N2O2S/c1-3-14(12,13)8-4-5-9(7(2)10)11-6-8/h4-7H,3,10H2,1-2H3. The molecule has 5 heteroatoms. The van der Waals surface area contributed by atoms with E-state index in [9.17, 15) is 8.42 Å². The highest BCUT2D eigenvalue weighted by molar-refractivity contribution is 7.91. The number of sulfone groups is 1. The number of nitrogens with two attached hydrogens (primary N) is 1. The maximum atomic E-state index is 11.4. The minimum absolute atomic E-state index is 0.0895. The largest absolute Gasteiger partial charge is 0.323 e. The molecule has 1 aromatic rings. The van der Waals surface area contributed by atoms with Crippen molar-refractivity contribution < 1.29 is 8.42 Å². The van der Waals surface area contributed by atoms with Gasteiger partial charge in [0.25, 0.3) is 0 Å². The highest BCUT2D eigenvalue weighted by Gasteiger charge is 2.12. The second kappa shape index (κ2) is 4.06. The molecule has 0 saturated carbocycles. The Morgan fingerprint density at radius 2 is 2.14 bits per heavy atom. The maximum absolute atomic E-state index is 11.4. The van der Waals surface area contributed by atoms with Crippen molar-refractivity contribution in [3.05, 3.63) is 24.0 Å². The van der Waals surface area contributed by atoms with Gasteiger partial charge < -0.3 is 5.73 Å². The topological polar surface area (TPSA) is 73.0 Å². The molecule has 0 aromatic carbocycles. The van der Waals surface area contributed by atoms with Crippen LogP contribution in [0.3, 0.4) is 0 Å².